The number of nitrogens with one attached hydrogen (secondary N) is 1. The highest BCUT2D eigenvalue weighted by atomic mass is 19.1. The van der Waals surface area contributed by atoms with Gasteiger partial charge >= 0.3 is 0 Å². The summed E-state index contributed by atoms with van der Waals surface area (Å²) >= 11 is 0. The number of carbonyl (C=O) groups is 1. The molecule has 0 unspecified atom stereocenters. The Hall–Kier alpha value is -2.98. The number of carbonyl (C=O) groups excluding carboxylic acids is 1. The number of aromatic nitrogens is 2. The standard InChI is InChI=1S/C24H27F2N5O3/c1-12-14(4-2-5-15(12)26)18-8-13(25)10-31(18)24(34)21-20-17(9-27-21)28-11-29-23(20)30-16-6-3-7-19(32)22(16)33/h2,4-5,11,13,16,18-19,22,32-33H,3,6-10H2,1H3,(H,28,29,30)/t13-,16+,18+,19+,22-/m0/s1. The van der Waals surface area contributed by atoms with Crippen LogP contribution in [0.2, 0.25) is 0 Å². The molecule has 0 spiro atoms. The zero-order valence-electron chi connectivity index (χ0n) is 18.8. The summed E-state index contributed by atoms with van der Waals surface area (Å²) in [4.78, 5) is 28.0. The van der Waals surface area contributed by atoms with Gasteiger partial charge in [-0.1, -0.05) is 12.1 Å². The van der Waals surface area contributed by atoms with Crippen LogP contribution >= 0.6 is 0 Å². The number of hydrogen-bond donors (Lipinski definition) is 3. The SMILES string of the molecule is Cc1c(F)cccc1[C@H]1C[C@H](F)CN1C(=O)C1=NCc2ncnc(N[C@@H]3CCC[C@@H](O)[C@H]3O)c21. The Labute approximate surface area is 195 Å². The maximum Gasteiger partial charge on any atom is 0.273 e. The smallest absolute Gasteiger partial charge is 0.273 e. The highest BCUT2D eigenvalue weighted by Gasteiger charge is 2.41. The molecule has 1 amide bonds. The summed E-state index contributed by atoms with van der Waals surface area (Å²) in [5, 5.41) is 23.6. The van der Waals surface area contributed by atoms with Gasteiger partial charge in [0.1, 0.15) is 29.8 Å². The normalized spacial score (nSPS) is 28.6. The number of benzene rings is 1. The molecule has 8 nitrogen and oxygen atoms in total. The van der Waals surface area contributed by atoms with E-state index in [1.165, 1.54) is 17.3 Å². The third-order valence-electron chi connectivity index (χ3n) is 7.08. The van der Waals surface area contributed by atoms with Crippen molar-refractivity contribution in [2.24, 2.45) is 4.99 Å². The number of aliphatic hydroxyl groups excluding tert-OH is 2. The molecule has 2 aromatic rings. The van der Waals surface area contributed by atoms with Gasteiger partial charge in [-0.15, -0.1) is 0 Å². The predicted molar refractivity (Wildman–Crippen MR) is 121 cm³/mol. The minimum absolute atomic E-state index is 0.0821. The fraction of sp³-hybridized carbons (Fsp3) is 0.500. The van der Waals surface area contributed by atoms with E-state index in [1.807, 2.05) is 0 Å². The molecule has 1 saturated heterocycles. The zero-order chi connectivity index (χ0) is 24.0. The van der Waals surface area contributed by atoms with Gasteiger partial charge in [-0.2, -0.15) is 0 Å². The topological polar surface area (TPSA) is 111 Å². The van der Waals surface area contributed by atoms with E-state index in [1.54, 1.807) is 19.1 Å². The number of amides is 1. The van der Waals surface area contributed by atoms with Crippen molar-refractivity contribution in [1.82, 2.24) is 14.9 Å². The number of rotatable bonds is 4. The minimum atomic E-state index is -1.23. The van der Waals surface area contributed by atoms with Crippen molar-refractivity contribution in [3.63, 3.8) is 0 Å². The summed E-state index contributed by atoms with van der Waals surface area (Å²) < 4.78 is 28.7. The van der Waals surface area contributed by atoms with Crippen molar-refractivity contribution in [3.8, 4) is 0 Å². The van der Waals surface area contributed by atoms with Gasteiger partial charge in [-0.25, -0.2) is 18.7 Å². The average molecular weight is 472 g/mol. The fourth-order valence-electron chi connectivity index (χ4n) is 5.22. The van der Waals surface area contributed by atoms with Gasteiger partial charge in [0.25, 0.3) is 5.91 Å². The Morgan fingerprint density at radius 2 is 2.06 bits per heavy atom. The van der Waals surface area contributed by atoms with Gasteiger partial charge in [0, 0.05) is 6.42 Å². The number of alkyl halides is 1. The molecule has 0 bridgehead atoms. The summed E-state index contributed by atoms with van der Waals surface area (Å²) in [6.45, 7) is 1.69. The highest BCUT2D eigenvalue weighted by Crippen LogP contribution is 2.37. The first kappa shape index (κ1) is 22.8. The molecule has 2 fully saturated rings. The lowest BCUT2D eigenvalue weighted by molar-refractivity contribution is -0.125. The molecule has 0 radical (unpaired) electrons. The maximum absolute atomic E-state index is 14.5. The number of fused-ring (bicyclic) bond motifs is 1. The summed E-state index contributed by atoms with van der Waals surface area (Å²) in [6.07, 6.45) is 0.298. The molecule has 5 atom stereocenters. The summed E-state index contributed by atoms with van der Waals surface area (Å²) in [5.41, 5.74) is 2.08. The molecule has 1 saturated carbocycles. The predicted octanol–water partition coefficient (Wildman–Crippen LogP) is 2.22. The van der Waals surface area contributed by atoms with Crippen LogP contribution in [0.25, 0.3) is 0 Å². The molecule has 3 N–H and O–H groups in total. The second-order valence-corrected chi connectivity index (χ2v) is 9.21. The summed E-state index contributed by atoms with van der Waals surface area (Å²) in [5.74, 6) is -0.513. The van der Waals surface area contributed by atoms with Crippen molar-refractivity contribution in [3.05, 3.63) is 52.7 Å². The van der Waals surface area contributed by atoms with E-state index >= 15 is 0 Å². The van der Waals surface area contributed by atoms with Gasteiger partial charge in [0.15, 0.2) is 0 Å². The fourth-order valence-corrected chi connectivity index (χ4v) is 5.22. The molecule has 1 aliphatic carbocycles. The number of aliphatic hydroxyl groups is 2. The number of anilines is 1. The van der Waals surface area contributed by atoms with Crippen molar-refractivity contribution in [2.75, 3.05) is 11.9 Å². The molecule has 2 aliphatic heterocycles. The van der Waals surface area contributed by atoms with Crippen LogP contribution in [-0.4, -0.2) is 67.7 Å². The van der Waals surface area contributed by atoms with Crippen molar-refractivity contribution < 1.29 is 23.8 Å². The Kier molecular flexibility index (Phi) is 6.03. The Bertz CT molecular complexity index is 1140. The van der Waals surface area contributed by atoms with Gasteiger partial charge in [-0.05, 0) is 43.4 Å². The van der Waals surface area contributed by atoms with E-state index in [-0.39, 0.29) is 25.2 Å². The largest absolute Gasteiger partial charge is 0.390 e. The Balaban J connectivity index is 1.45. The van der Waals surface area contributed by atoms with E-state index in [2.05, 4.69) is 20.3 Å². The quantitative estimate of drug-likeness (QED) is 0.631. The Morgan fingerprint density at radius 3 is 2.88 bits per heavy atom. The van der Waals surface area contributed by atoms with Crippen molar-refractivity contribution in [2.45, 2.75) is 69.6 Å². The van der Waals surface area contributed by atoms with E-state index in [0.717, 1.165) is 6.42 Å². The zero-order valence-corrected chi connectivity index (χ0v) is 18.8. The third kappa shape index (κ3) is 3.94. The molecular formula is C24H27F2N5O3. The molecule has 3 heterocycles. The number of halogens is 2. The summed E-state index contributed by atoms with van der Waals surface area (Å²) in [6, 6.07) is 3.58. The van der Waals surface area contributed by atoms with Gasteiger partial charge in [-0.3, -0.25) is 9.79 Å². The first-order valence-corrected chi connectivity index (χ1v) is 11.6. The van der Waals surface area contributed by atoms with E-state index in [0.29, 0.717) is 41.0 Å². The third-order valence-corrected chi connectivity index (χ3v) is 7.08. The molecule has 1 aromatic carbocycles. The molecule has 34 heavy (non-hydrogen) atoms. The maximum atomic E-state index is 14.5. The molecular weight excluding hydrogens is 444 g/mol. The molecule has 10 heteroatoms. The van der Waals surface area contributed by atoms with Crippen LogP contribution in [0.3, 0.4) is 0 Å². The van der Waals surface area contributed by atoms with Gasteiger partial charge in [0.2, 0.25) is 0 Å². The van der Waals surface area contributed by atoms with Crippen molar-refractivity contribution >= 4 is 17.4 Å². The van der Waals surface area contributed by atoms with E-state index in [9.17, 15) is 23.8 Å². The van der Waals surface area contributed by atoms with Crippen LogP contribution < -0.4 is 5.32 Å². The van der Waals surface area contributed by atoms with Gasteiger partial charge < -0.3 is 20.4 Å². The lowest BCUT2D eigenvalue weighted by Crippen LogP contribution is -2.46. The number of hydrogen-bond acceptors (Lipinski definition) is 7. The number of aliphatic imine (C=N–C) groups is 1. The van der Waals surface area contributed by atoms with Crippen molar-refractivity contribution in [1.29, 1.82) is 0 Å². The first-order chi connectivity index (χ1) is 16.3. The van der Waals surface area contributed by atoms with Crippen LogP contribution in [0.1, 0.15) is 54.1 Å². The second kappa shape index (κ2) is 8.99. The van der Waals surface area contributed by atoms with E-state index < -0.39 is 42.2 Å². The molecule has 180 valence electrons. The second-order valence-electron chi connectivity index (χ2n) is 9.21. The first-order valence-electron chi connectivity index (χ1n) is 11.6. The minimum Gasteiger partial charge on any atom is -0.390 e. The van der Waals surface area contributed by atoms with Crippen LogP contribution in [-0.2, 0) is 11.3 Å². The van der Waals surface area contributed by atoms with Crippen LogP contribution in [0.5, 0.6) is 0 Å². The number of likely N-dealkylation sites (tertiary alicyclic amines) is 1. The van der Waals surface area contributed by atoms with Crippen LogP contribution in [0.15, 0.2) is 29.5 Å². The number of nitrogens with zero attached hydrogens (tertiary/aromatic N) is 4. The highest BCUT2D eigenvalue weighted by molar-refractivity contribution is 6.47. The molecule has 5 rings (SSSR count). The van der Waals surface area contributed by atoms with E-state index in [4.69, 9.17) is 0 Å². The van der Waals surface area contributed by atoms with Gasteiger partial charge in [0.05, 0.1) is 48.6 Å². The summed E-state index contributed by atoms with van der Waals surface area (Å²) in [7, 11) is 0. The average Bonchev–Trinajstić information content (AvgIpc) is 3.43. The van der Waals surface area contributed by atoms with Crippen LogP contribution in [0, 0.1) is 12.7 Å². The Morgan fingerprint density at radius 1 is 1.24 bits per heavy atom. The lowest BCUT2D eigenvalue weighted by Gasteiger charge is -2.33. The molecule has 1 aromatic heterocycles. The molecule has 3 aliphatic rings. The lowest BCUT2D eigenvalue weighted by atomic mass is 9.90. The van der Waals surface area contributed by atoms with Crippen LogP contribution in [0.4, 0.5) is 14.6 Å². The monoisotopic (exact) mass is 471 g/mol.